The lowest BCUT2D eigenvalue weighted by Gasteiger charge is -2.30. The number of nitrogens with zero attached hydrogens (tertiary/aromatic N) is 1. The van der Waals surface area contributed by atoms with Crippen molar-refractivity contribution in [1.29, 1.82) is 0 Å². The molecule has 0 saturated heterocycles. The second-order valence-electron chi connectivity index (χ2n) is 8.82. The third-order valence-corrected chi connectivity index (χ3v) is 6.68. The zero-order valence-electron chi connectivity index (χ0n) is 18.0. The smallest absolute Gasteiger partial charge is 0.265 e. The van der Waals surface area contributed by atoms with Crippen molar-refractivity contribution in [3.63, 3.8) is 0 Å². The Labute approximate surface area is 172 Å². The highest BCUT2D eigenvalue weighted by Crippen LogP contribution is 2.38. The minimum Gasteiger partial charge on any atom is -0.268 e. The molecule has 29 heavy (non-hydrogen) atoms. The number of carbonyl (C=O) groups is 2. The first kappa shape index (κ1) is 19.4. The molecule has 1 aliphatic heterocycles. The molecule has 2 amide bonds. The highest BCUT2D eigenvalue weighted by Gasteiger charge is 2.35. The molecule has 3 aromatic carbocycles. The number of anilines is 1. The maximum absolute atomic E-state index is 13.6. The molecule has 0 aliphatic carbocycles. The molecule has 1 heterocycles. The fraction of sp³-hybridized carbons (Fsp3) is 0.308. The summed E-state index contributed by atoms with van der Waals surface area (Å²) in [5.74, 6) is -0.492. The first-order chi connectivity index (χ1) is 13.7. The fourth-order valence-electron chi connectivity index (χ4n) is 4.08. The van der Waals surface area contributed by atoms with Crippen LogP contribution in [0.5, 0.6) is 0 Å². The molecular weight excluding hydrogens is 358 g/mol. The lowest BCUT2D eigenvalue weighted by molar-refractivity contribution is 0.0893. The van der Waals surface area contributed by atoms with Gasteiger partial charge in [-0.2, -0.15) is 0 Å². The first-order valence-electron chi connectivity index (χ1n) is 10.2. The van der Waals surface area contributed by atoms with Crippen LogP contribution in [-0.2, 0) is 5.41 Å². The van der Waals surface area contributed by atoms with Crippen LogP contribution < -0.4 is 4.90 Å². The average molecular weight is 386 g/mol. The second kappa shape index (κ2) is 6.55. The SMILES string of the molecule is CCC(C)(C)c1cc2c3c(cccc3c1)C(=O)N(c1cc(C)c(C)c(C)c1)C2=O. The minimum atomic E-state index is -0.252. The van der Waals surface area contributed by atoms with E-state index in [1.54, 1.807) is 0 Å². The van der Waals surface area contributed by atoms with Crippen molar-refractivity contribution in [2.24, 2.45) is 0 Å². The molecule has 0 saturated carbocycles. The maximum Gasteiger partial charge on any atom is 0.265 e. The number of hydrogen-bond acceptors (Lipinski definition) is 2. The lowest BCUT2D eigenvalue weighted by Crippen LogP contribution is -2.40. The molecule has 148 valence electrons. The van der Waals surface area contributed by atoms with E-state index >= 15 is 0 Å². The van der Waals surface area contributed by atoms with Crippen LogP contribution in [0.4, 0.5) is 5.69 Å². The molecule has 3 heteroatoms. The molecule has 3 aromatic rings. The molecule has 0 radical (unpaired) electrons. The third-order valence-electron chi connectivity index (χ3n) is 6.68. The van der Waals surface area contributed by atoms with Gasteiger partial charge in [-0.05, 0) is 84.5 Å². The second-order valence-corrected chi connectivity index (χ2v) is 8.82. The first-order valence-corrected chi connectivity index (χ1v) is 10.2. The molecule has 0 atom stereocenters. The number of benzene rings is 3. The molecule has 0 bridgehead atoms. The van der Waals surface area contributed by atoms with Crippen molar-refractivity contribution in [3.8, 4) is 0 Å². The minimum absolute atomic E-state index is 0.0513. The third kappa shape index (κ3) is 2.88. The van der Waals surface area contributed by atoms with Gasteiger partial charge in [0.15, 0.2) is 0 Å². The molecule has 0 fully saturated rings. The van der Waals surface area contributed by atoms with Crippen molar-refractivity contribution in [2.75, 3.05) is 4.90 Å². The van der Waals surface area contributed by atoms with Crippen LogP contribution in [-0.4, -0.2) is 11.8 Å². The monoisotopic (exact) mass is 385 g/mol. The van der Waals surface area contributed by atoms with Crippen molar-refractivity contribution in [1.82, 2.24) is 0 Å². The number of rotatable bonds is 3. The van der Waals surface area contributed by atoms with Gasteiger partial charge in [-0.15, -0.1) is 0 Å². The molecule has 0 spiro atoms. The van der Waals surface area contributed by atoms with Gasteiger partial charge >= 0.3 is 0 Å². The number of hydrogen-bond donors (Lipinski definition) is 0. The molecule has 1 aliphatic rings. The van der Waals surface area contributed by atoms with Crippen LogP contribution in [0, 0.1) is 20.8 Å². The molecule has 0 unspecified atom stereocenters. The summed E-state index contributed by atoms with van der Waals surface area (Å²) in [6.45, 7) is 12.6. The van der Waals surface area contributed by atoms with E-state index in [-0.39, 0.29) is 17.2 Å². The fourth-order valence-corrected chi connectivity index (χ4v) is 4.08. The Hall–Kier alpha value is -2.94. The van der Waals surface area contributed by atoms with Crippen LogP contribution in [0.1, 0.15) is 70.2 Å². The zero-order chi connectivity index (χ0) is 21.1. The Morgan fingerprint density at radius 3 is 2.10 bits per heavy atom. The predicted octanol–water partition coefficient (Wildman–Crippen LogP) is 6.25. The Morgan fingerprint density at radius 1 is 0.862 bits per heavy atom. The predicted molar refractivity (Wildman–Crippen MR) is 119 cm³/mol. The van der Waals surface area contributed by atoms with Crippen LogP contribution in [0.15, 0.2) is 42.5 Å². The Bertz CT molecular complexity index is 1160. The lowest BCUT2D eigenvalue weighted by atomic mass is 9.79. The van der Waals surface area contributed by atoms with Crippen molar-refractivity contribution in [2.45, 2.75) is 53.4 Å². The van der Waals surface area contributed by atoms with Gasteiger partial charge in [-0.1, -0.05) is 39.0 Å². The summed E-state index contributed by atoms with van der Waals surface area (Å²) in [5, 5.41) is 1.73. The normalized spacial score (nSPS) is 14.1. The summed E-state index contributed by atoms with van der Waals surface area (Å²) in [7, 11) is 0. The van der Waals surface area contributed by atoms with Gasteiger partial charge < -0.3 is 0 Å². The zero-order valence-corrected chi connectivity index (χ0v) is 18.0. The Kier molecular flexibility index (Phi) is 4.38. The van der Waals surface area contributed by atoms with Gasteiger partial charge in [0.1, 0.15) is 0 Å². The number of carbonyl (C=O) groups excluding carboxylic acids is 2. The van der Waals surface area contributed by atoms with Crippen LogP contribution in [0.2, 0.25) is 0 Å². The van der Waals surface area contributed by atoms with Crippen LogP contribution in [0.3, 0.4) is 0 Å². The summed E-state index contributed by atoms with van der Waals surface area (Å²) in [6, 6.07) is 13.7. The summed E-state index contributed by atoms with van der Waals surface area (Å²) in [6.07, 6.45) is 0.963. The van der Waals surface area contributed by atoms with E-state index in [1.807, 2.05) is 50.2 Å². The number of amides is 2. The van der Waals surface area contributed by atoms with Gasteiger partial charge in [0, 0.05) is 16.5 Å². The highest BCUT2D eigenvalue weighted by molar-refractivity contribution is 6.35. The molecule has 0 aromatic heterocycles. The topological polar surface area (TPSA) is 37.4 Å². The average Bonchev–Trinajstić information content (AvgIpc) is 2.69. The molecule has 4 rings (SSSR count). The van der Waals surface area contributed by atoms with E-state index in [0.717, 1.165) is 33.9 Å². The van der Waals surface area contributed by atoms with E-state index < -0.39 is 0 Å². The molecule has 0 N–H and O–H groups in total. The molecule has 3 nitrogen and oxygen atoms in total. The van der Waals surface area contributed by atoms with Crippen LogP contribution >= 0.6 is 0 Å². The van der Waals surface area contributed by atoms with Crippen molar-refractivity contribution < 1.29 is 9.59 Å². The van der Waals surface area contributed by atoms with Gasteiger partial charge in [0.25, 0.3) is 11.8 Å². The summed E-state index contributed by atoms with van der Waals surface area (Å²) < 4.78 is 0. The van der Waals surface area contributed by atoms with Gasteiger partial charge in [-0.3, -0.25) is 9.59 Å². The van der Waals surface area contributed by atoms with E-state index in [0.29, 0.717) is 16.8 Å². The Balaban J connectivity index is 1.99. The van der Waals surface area contributed by atoms with Crippen molar-refractivity contribution in [3.05, 3.63) is 75.8 Å². The number of imide groups is 1. The summed E-state index contributed by atoms with van der Waals surface area (Å²) in [5.41, 5.74) is 6.25. The van der Waals surface area contributed by atoms with Crippen molar-refractivity contribution >= 4 is 28.3 Å². The largest absolute Gasteiger partial charge is 0.268 e. The molecular formula is C26H27NO2. The Morgan fingerprint density at radius 2 is 1.48 bits per heavy atom. The van der Waals surface area contributed by atoms with E-state index in [9.17, 15) is 9.59 Å². The van der Waals surface area contributed by atoms with Gasteiger partial charge in [0.05, 0.1) is 5.69 Å². The summed E-state index contributed by atoms with van der Waals surface area (Å²) in [4.78, 5) is 28.3. The van der Waals surface area contributed by atoms with E-state index in [4.69, 9.17) is 0 Å². The highest BCUT2D eigenvalue weighted by atomic mass is 16.2. The number of aryl methyl sites for hydroxylation is 2. The van der Waals surface area contributed by atoms with E-state index in [1.165, 1.54) is 10.5 Å². The van der Waals surface area contributed by atoms with E-state index in [2.05, 4.69) is 33.8 Å². The van der Waals surface area contributed by atoms with Gasteiger partial charge in [-0.25, -0.2) is 4.90 Å². The van der Waals surface area contributed by atoms with Gasteiger partial charge in [0.2, 0.25) is 0 Å². The maximum atomic E-state index is 13.6. The summed E-state index contributed by atoms with van der Waals surface area (Å²) >= 11 is 0. The quantitative estimate of drug-likeness (QED) is 0.500. The standard InChI is InChI=1S/C26H27NO2/c1-7-26(5,6)19-13-18-9-8-10-21-23(18)22(14-19)25(29)27(24(21)28)20-11-15(2)17(4)16(3)12-20/h8-14H,7H2,1-6H3. The van der Waals surface area contributed by atoms with Crippen LogP contribution in [0.25, 0.3) is 10.8 Å².